The van der Waals surface area contributed by atoms with Gasteiger partial charge in [0.1, 0.15) is 12.8 Å². The van der Waals surface area contributed by atoms with Crippen molar-refractivity contribution in [3.8, 4) is 0 Å². The van der Waals surface area contributed by atoms with Gasteiger partial charge >= 0.3 is 5.97 Å². The minimum Gasteiger partial charge on any atom is -0.462 e. The molecule has 5 heteroatoms. The van der Waals surface area contributed by atoms with Crippen LogP contribution in [0.25, 0.3) is 0 Å². The fourth-order valence-corrected chi connectivity index (χ4v) is 3.91. The molecule has 5 atom stereocenters. The van der Waals surface area contributed by atoms with E-state index in [2.05, 4.69) is 10.2 Å². The Labute approximate surface area is 114 Å². The predicted octanol–water partition coefficient (Wildman–Crippen LogP) is -0.838. The second kappa shape index (κ2) is 5.38. The van der Waals surface area contributed by atoms with Gasteiger partial charge in [-0.1, -0.05) is 6.92 Å². The molecule has 5 unspecified atom stereocenters. The minimum absolute atomic E-state index is 0.0382. The lowest BCUT2D eigenvalue weighted by atomic mass is 9.70. The maximum absolute atomic E-state index is 11.8. The fourth-order valence-electron chi connectivity index (χ4n) is 3.91. The third-order valence-corrected chi connectivity index (χ3v) is 5.10. The Morgan fingerprint density at radius 1 is 1.47 bits per heavy atom. The molecule has 3 rings (SSSR count). The molecular weight excluding hydrogens is 244 g/mol. The second-order valence-electron chi connectivity index (χ2n) is 6.51. The number of ether oxygens (including phenoxy) is 1. The van der Waals surface area contributed by atoms with Gasteiger partial charge in [0.2, 0.25) is 0 Å². The van der Waals surface area contributed by atoms with E-state index in [0.717, 1.165) is 39.1 Å². The zero-order valence-corrected chi connectivity index (χ0v) is 11.6. The molecule has 2 saturated heterocycles. The molecule has 2 heterocycles. The average Bonchev–Trinajstić information content (AvgIpc) is 2.84. The first kappa shape index (κ1) is 13.3. The van der Waals surface area contributed by atoms with Crippen molar-refractivity contribution in [2.75, 3.05) is 26.3 Å². The zero-order valence-electron chi connectivity index (χ0n) is 11.6. The molecule has 0 spiro atoms. The van der Waals surface area contributed by atoms with Crippen molar-refractivity contribution < 1.29 is 20.0 Å². The molecule has 0 aromatic rings. The topological polar surface area (TPSA) is 66.4 Å². The van der Waals surface area contributed by atoms with E-state index in [0.29, 0.717) is 18.3 Å². The van der Waals surface area contributed by atoms with Crippen molar-refractivity contribution in [1.82, 2.24) is 4.90 Å². The highest BCUT2D eigenvalue weighted by Crippen LogP contribution is 2.40. The van der Waals surface area contributed by atoms with Gasteiger partial charge < -0.3 is 15.2 Å². The number of quaternary nitrogens is 1. The van der Waals surface area contributed by atoms with Gasteiger partial charge in [0.15, 0.2) is 0 Å². The van der Waals surface area contributed by atoms with Gasteiger partial charge in [-0.05, 0) is 24.7 Å². The number of nitrogens with two attached hydrogens (primary N) is 1. The third kappa shape index (κ3) is 2.78. The van der Waals surface area contributed by atoms with E-state index in [-0.39, 0.29) is 24.1 Å². The zero-order chi connectivity index (χ0) is 13.4. The summed E-state index contributed by atoms with van der Waals surface area (Å²) >= 11 is 0. The van der Waals surface area contributed by atoms with Crippen LogP contribution in [0.1, 0.15) is 26.2 Å². The third-order valence-electron chi connectivity index (χ3n) is 5.10. The number of hydrogen-bond acceptors (Lipinski definition) is 4. The van der Waals surface area contributed by atoms with Crippen molar-refractivity contribution in [3.63, 3.8) is 0 Å². The lowest BCUT2D eigenvalue weighted by molar-refractivity contribution is -0.643. The number of fused-ring (bicyclic) bond motifs is 1. The van der Waals surface area contributed by atoms with E-state index >= 15 is 0 Å². The normalized spacial score (nSPS) is 43.9. The molecular formula is C14H25N2O3+. The number of esters is 1. The molecule has 2 aliphatic heterocycles. The molecule has 3 aliphatic rings. The first-order chi connectivity index (χ1) is 9.13. The monoisotopic (exact) mass is 269 g/mol. The summed E-state index contributed by atoms with van der Waals surface area (Å²) in [5.41, 5.74) is 0. The summed E-state index contributed by atoms with van der Waals surface area (Å²) in [4.78, 5) is 14.2. The van der Waals surface area contributed by atoms with Crippen molar-refractivity contribution in [1.29, 1.82) is 0 Å². The van der Waals surface area contributed by atoms with Crippen LogP contribution >= 0.6 is 0 Å². The van der Waals surface area contributed by atoms with Crippen LogP contribution in [0, 0.1) is 17.8 Å². The summed E-state index contributed by atoms with van der Waals surface area (Å²) in [6.07, 6.45) is 1.95. The predicted molar refractivity (Wildman–Crippen MR) is 69.1 cm³/mol. The van der Waals surface area contributed by atoms with Crippen molar-refractivity contribution >= 4 is 5.97 Å². The fraction of sp³-hybridized carbons (Fsp3) is 0.929. The first-order valence-electron chi connectivity index (χ1n) is 7.55. The molecule has 0 amide bonds. The van der Waals surface area contributed by atoms with Gasteiger partial charge in [0.05, 0.1) is 19.2 Å². The molecule has 19 heavy (non-hydrogen) atoms. The first-order valence-corrected chi connectivity index (χ1v) is 7.55. The van der Waals surface area contributed by atoms with E-state index in [1.54, 1.807) is 0 Å². The summed E-state index contributed by atoms with van der Waals surface area (Å²) in [5.74, 6) is 0.912. The average molecular weight is 269 g/mol. The van der Waals surface area contributed by atoms with E-state index in [1.165, 1.54) is 0 Å². The Balaban J connectivity index is 1.68. The Morgan fingerprint density at radius 2 is 2.32 bits per heavy atom. The van der Waals surface area contributed by atoms with Gasteiger partial charge in [-0.15, -0.1) is 0 Å². The number of aliphatic hydroxyl groups excluding tert-OH is 1. The highest BCUT2D eigenvalue weighted by molar-refractivity contribution is 5.71. The van der Waals surface area contributed by atoms with Crippen molar-refractivity contribution in [3.05, 3.63) is 0 Å². The molecule has 0 aromatic heterocycles. The lowest BCUT2D eigenvalue weighted by Crippen LogP contribution is -2.82. The maximum atomic E-state index is 11.8. The number of rotatable bonds is 2. The minimum atomic E-state index is -0.231. The van der Waals surface area contributed by atoms with E-state index < -0.39 is 0 Å². The Morgan fingerprint density at radius 3 is 3.05 bits per heavy atom. The smallest absolute Gasteiger partial charge is 0.306 e. The Kier molecular flexibility index (Phi) is 3.78. The van der Waals surface area contributed by atoms with Gasteiger partial charge in [0.25, 0.3) is 0 Å². The van der Waals surface area contributed by atoms with Gasteiger partial charge in [-0.25, -0.2) is 0 Å². The van der Waals surface area contributed by atoms with Crippen LogP contribution in [0.4, 0.5) is 0 Å². The van der Waals surface area contributed by atoms with Crippen LogP contribution < -0.4 is 5.32 Å². The Bertz CT molecular complexity index is 344. The standard InChI is InChI=1S/C14H24N2O3/c1-9-4-13-11(6-12(9)17)10(5-14(18)19-13)7-16-3-2-15-8-16/h9-13,15,17H,2-8H2,1H3/p+1. The van der Waals surface area contributed by atoms with E-state index in [1.807, 2.05) is 6.92 Å². The molecule has 1 saturated carbocycles. The number of nitrogens with zero attached hydrogens (tertiary/aromatic N) is 1. The SMILES string of the molecule is CC1CC2OC(=O)CC(CN3CC[NH2+]C3)C2CC1O. The summed E-state index contributed by atoms with van der Waals surface area (Å²) in [6, 6.07) is 0. The summed E-state index contributed by atoms with van der Waals surface area (Å²) in [6.45, 7) is 6.34. The molecule has 1 aliphatic carbocycles. The highest BCUT2D eigenvalue weighted by atomic mass is 16.5. The molecule has 3 N–H and O–H groups in total. The van der Waals surface area contributed by atoms with Crippen LogP contribution in [0.3, 0.4) is 0 Å². The highest BCUT2D eigenvalue weighted by Gasteiger charge is 2.45. The quantitative estimate of drug-likeness (QED) is 0.642. The number of carbonyl (C=O) groups is 1. The molecule has 0 aromatic carbocycles. The summed E-state index contributed by atoms with van der Waals surface area (Å²) in [5, 5.41) is 12.4. The molecule has 0 radical (unpaired) electrons. The van der Waals surface area contributed by atoms with Crippen LogP contribution in [0.5, 0.6) is 0 Å². The van der Waals surface area contributed by atoms with E-state index in [4.69, 9.17) is 4.74 Å². The lowest BCUT2D eigenvalue weighted by Gasteiger charge is -2.44. The van der Waals surface area contributed by atoms with E-state index in [9.17, 15) is 9.90 Å². The van der Waals surface area contributed by atoms with Gasteiger partial charge in [-0.3, -0.25) is 9.69 Å². The summed E-state index contributed by atoms with van der Waals surface area (Å²) < 4.78 is 5.53. The van der Waals surface area contributed by atoms with Crippen LogP contribution in [0.15, 0.2) is 0 Å². The van der Waals surface area contributed by atoms with Crippen molar-refractivity contribution in [2.24, 2.45) is 17.8 Å². The molecule has 108 valence electrons. The largest absolute Gasteiger partial charge is 0.462 e. The number of aliphatic hydroxyl groups is 1. The number of hydrogen-bond donors (Lipinski definition) is 2. The van der Waals surface area contributed by atoms with Crippen LogP contribution in [-0.4, -0.2) is 54.5 Å². The van der Waals surface area contributed by atoms with Crippen LogP contribution in [0.2, 0.25) is 0 Å². The molecule has 3 fully saturated rings. The van der Waals surface area contributed by atoms with Gasteiger partial charge in [0, 0.05) is 18.9 Å². The summed E-state index contributed by atoms with van der Waals surface area (Å²) in [7, 11) is 0. The van der Waals surface area contributed by atoms with Gasteiger partial charge in [-0.2, -0.15) is 0 Å². The molecule has 0 bridgehead atoms. The Hall–Kier alpha value is -0.650. The second-order valence-corrected chi connectivity index (χ2v) is 6.51. The molecule has 5 nitrogen and oxygen atoms in total. The maximum Gasteiger partial charge on any atom is 0.306 e. The number of carbonyl (C=O) groups excluding carboxylic acids is 1. The van der Waals surface area contributed by atoms with Crippen LogP contribution in [-0.2, 0) is 9.53 Å². The van der Waals surface area contributed by atoms with Crippen molar-refractivity contribution in [2.45, 2.75) is 38.4 Å².